The monoisotopic (exact) mass is 273 g/mol. The summed E-state index contributed by atoms with van der Waals surface area (Å²) < 4.78 is 0. The molecule has 0 spiro atoms. The van der Waals surface area contributed by atoms with Crippen LogP contribution >= 0.6 is 11.6 Å². The molecule has 0 aliphatic carbocycles. The van der Waals surface area contributed by atoms with Gasteiger partial charge in [0.1, 0.15) is 0 Å². The Kier molecular flexibility index (Phi) is 4.87. The van der Waals surface area contributed by atoms with Crippen LogP contribution < -0.4 is 10.6 Å². The third-order valence-corrected chi connectivity index (χ3v) is 2.28. The molecule has 1 aromatic carbocycles. The number of nitro benzene ring substituents is 1. The highest BCUT2D eigenvalue weighted by Gasteiger charge is 2.11. The van der Waals surface area contributed by atoms with Crippen molar-refractivity contribution in [3.8, 4) is 0 Å². The Labute approximate surface area is 108 Å². The van der Waals surface area contributed by atoms with E-state index in [4.69, 9.17) is 16.7 Å². The highest BCUT2D eigenvalue weighted by atomic mass is 35.5. The number of hydrogen-bond donors (Lipinski definition) is 3. The van der Waals surface area contributed by atoms with Crippen molar-refractivity contribution in [3.05, 3.63) is 33.3 Å². The standard InChI is InChI=1S/C10H12ClN3O4/c1-6(15)5-12-10(16)13-9-3-2-7(14(17)18)4-8(9)11/h2-4,6,15H,5H2,1H3,(H2,12,13,16). The van der Waals surface area contributed by atoms with Gasteiger partial charge in [0.25, 0.3) is 5.69 Å². The van der Waals surface area contributed by atoms with E-state index < -0.39 is 17.1 Å². The second kappa shape index (κ2) is 6.18. The molecule has 3 N–H and O–H groups in total. The van der Waals surface area contributed by atoms with Gasteiger partial charge in [-0.1, -0.05) is 11.6 Å². The van der Waals surface area contributed by atoms with Crippen LogP contribution in [-0.2, 0) is 0 Å². The topological polar surface area (TPSA) is 104 Å². The van der Waals surface area contributed by atoms with Crippen molar-refractivity contribution in [1.82, 2.24) is 5.32 Å². The van der Waals surface area contributed by atoms with Gasteiger partial charge in [-0.2, -0.15) is 0 Å². The van der Waals surface area contributed by atoms with Gasteiger partial charge in [-0.25, -0.2) is 4.79 Å². The molecule has 18 heavy (non-hydrogen) atoms. The number of nitro groups is 1. The fraction of sp³-hybridized carbons (Fsp3) is 0.300. The van der Waals surface area contributed by atoms with E-state index in [0.717, 1.165) is 6.07 Å². The summed E-state index contributed by atoms with van der Waals surface area (Å²) in [5.41, 5.74) is 0.0975. The molecule has 0 radical (unpaired) electrons. The van der Waals surface area contributed by atoms with Crippen molar-refractivity contribution < 1.29 is 14.8 Å². The van der Waals surface area contributed by atoms with E-state index in [0.29, 0.717) is 0 Å². The van der Waals surface area contributed by atoms with Gasteiger partial charge in [0.05, 0.1) is 21.7 Å². The van der Waals surface area contributed by atoms with Crippen molar-refractivity contribution in [3.63, 3.8) is 0 Å². The number of urea groups is 1. The van der Waals surface area contributed by atoms with E-state index in [-0.39, 0.29) is 22.9 Å². The Bertz CT molecular complexity index is 464. The number of benzene rings is 1. The number of carbonyl (C=O) groups is 1. The SMILES string of the molecule is CC(O)CNC(=O)Nc1ccc([N+](=O)[O-])cc1Cl. The van der Waals surface area contributed by atoms with Crippen molar-refractivity contribution >= 4 is 29.0 Å². The molecular weight excluding hydrogens is 262 g/mol. The largest absolute Gasteiger partial charge is 0.392 e. The lowest BCUT2D eigenvalue weighted by atomic mass is 10.3. The van der Waals surface area contributed by atoms with Crippen LogP contribution in [0.3, 0.4) is 0 Å². The van der Waals surface area contributed by atoms with E-state index in [1.54, 1.807) is 0 Å². The molecule has 0 bridgehead atoms. The van der Waals surface area contributed by atoms with Crippen LogP contribution in [0.5, 0.6) is 0 Å². The van der Waals surface area contributed by atoms with Gasteiger partial charge in [0, 0.05) is 18.7 Å². The molecule has 0 aliphatic rings. The number of aliphatic hydroxyl groups is 1. The number of nitrogens with zero attached hydrogens (tertiary/aromatic N) is 1. The fourth-order valence-corrected chi connectivity index (χ4v) is 1.35. The zero-order valence-corrected chi connectivity index (χ0v) is 10.3. The summed E-state index contributed by atoms with van der Waals surface area (Å²) in [6.45, 7) is 1.62. The van der Waals surface area contributed by atoms with E-state index >= 15 is 0 Å². The second-order valence-corrected chi connectivity index (χ2v) is 4.01. The normalized spacial score (nSPS) is 11.7. The Balaban J connectivity index is 2.68. The first-order valence-electron chi connectivity index (χ1n) is 5.07. The first-order valence-corrected chi connectivity index (χ1v) is 5.45. The average molecular weight is 274 g/mol. The smallest absolute Gasteiger partial charge is 0.319 e. The Hall–Kier alpha value is -1.86. The van der Waals surface area contributed by atoms with Gasteiger partial charge in [-0.15, -0.1) is 0 Å². The molecule has 0 heterocycles. The van der Waals surface area contributed by atoms with Gasteiger partial charge in [0.15, 0.2) is 0 Å². The molecule has 1 unspecified atom stereocenters. The third-order valence-electron chi connectivity index (χ3n) is 1.97. The lowest BCUT2D eigenvalue weighted by Crippen LogP contribution is -2.34. The Morgan fingerprint density at radius 2 is 2.28 bits per heavy atom. The highest BCUT2D eigenvalue weighted by molar-refractivity contribution is 6.33. The number of nitrogens with one attached hydrogen (secondary N) is 2. The van der Waals surface area contributed by atoms with Gasteiger partial charge in [-0.3, -0.25) is 10.1 Å². The van der Waals surface area contributed by atoms with Gasteiger partial charge in [0.2, 0.25) is 0 Å². The van der Waals surface area contributed by atoms with Crippen molar-refractivity contribution in [2.45, 2.75) is 13.0 Å². The minimum Gasteiger partial charge on any atom is -0.392 e. The molecule has 0 saturated heterocycles. The van der Waals surface area contributed by atoms with E-state index in [2.05, 4.69) is 10.6 Å². The number of anilines is 1. The summed E-state index contributed by atoms with van der Waals surface area (Å²) in [6.07, 6.45) is -0.664. The highest BCUT2D eigenvalue weighted by Crippen LogP contribution is 2.26. The van der Waals surface area contributed by atoms with Crippen LogP contribution in [0.15, 0.2) is 18.2 Å². The van der Waals surface area contributed by atoms with E-state index in [9.17, 15) is 14.9 Å². The molecule has 2 amide bonds. The molecule has 1 aromatic rings. The minimum atomic E-state index is -0.664. The summed E-state index contributed by atoms with van der Waals surface area (Å²) in [7, 11) is 0. The molecule has 0 aromatic heterocycles. The zero-order chi connectivity index (χ0) is 13.7. The third kappa shape index (κ3) is 4.19. The molecule has 98 valence electrons. The number of non-ortho nitro benzene ring substituents is 1. The summed E-state index contributed by atoms with van der Waals surface area (Å²) in [5.74, 6) is 0. The maximum absolute atomic E-state index is 11.4. The van der Waals surface area contributed by atoms with Crippen molar-refractivity contribution in [2.24, 2.45) is 0 Å². The Morgan fingerprint density at radius 3 is 2.78 bits per heavy atom. The molecule has 1 rings (SSSR count). The number of aliphatic hydroxyl groups excluding tert-OH is 1. The average Bonchev–Trinajstić information content (AvgIpc) is 2.29. The number of halogens is 1. The van der Waals surface area contributed by atoms with E-state index in [1.807, 2.05) is 0 Å². The number of rotatable bonds is 4. The van der Waals surface area contributed by atoms with E-state index in [1.165, 1.54) is 19.1 Å². The Morgan fingerprint density at radius 1 is 1.61 bits per heavy atom. The summed E-state index contributed by atoms with van der Waals surface area (Å²) in [6, 6.07) is 3.16. The van der Waals surface area contributed by atoms with Crippen LogP contribution in [-0.4, -0.2) is 28.7 Å². The predicted molar refractivity (Wildman–Crippen MR) is 66.8 cm³/mol. The molecular formula is C10H12ClN3O4. The summed E-state index contributed by atoms with van der Waals surface area (Å²) in [4.78, 5) is 21.3. The maximum atomic E-state index is 11.4. The molecule has 0 aliphatic heterocycles. The first-order chi connectivity index (χ1) is 8.40. The lowest BCUT2D eigenvalue weighted by molar-refractivity contribution is -0.384. The predicted octanol–water partition coefficient (Wildman–Crippen LogP) is 1.75. The zero-order valence-electron chi connectivity index (χ0n) is 9.51. The quantitative estimate of drug-likeness (QED) is 0.574. The molecule has 0 fully saturated rings. The van der Waals surface area contributed by atoms with Crippen molar-refractivity contribution in [1.29, 1.82) is 0 Å². The molecule has 0 saturated carbocycles. The van der Waals surface area contributed by atoms with Gasteiger partial charge < -0.3 is 15.7 Å². The summed E-state index contributed by atoms with van der Waals surface area (Å²) in [5, 5.41) is 24.3. The van der Waals surface area contributed by atoms with Crippen LogP contribution in [0.1, 0.15) is 6.92 Å². The van der Waals surface area contributed by atoms with Crippen LogP contribution in [0.25, 0.3) is 0 Å². The molecule has 8 heteroatoms. The first kappa shape index (κ1) is 14.2. The van der Waals surface area contributed by atoms with Crippen molar-refractivity contribution in [2.75, 3.05) is 11.9 Å². The van der Waals surface area contributed by atoms with Gasteiger partial charge >= 0.3 is 6.03 Å². The summed E-state index contributed by atoms with van der Waals surface area (Å²) >= 11 is 5.78. The minimum absolute atomic E-state index is 0.0661. The van der Waals surface area contributed by atoms with Gasteiger partial charge in [-0.05, 0) is 13.0 Å². The lowest BCUT2D eigenvalue weighted by Gasteiger charge is -2.09. The maximum Gasteiger partial charge on any atom is 0.319 e. The molecule has 7 nitrogen and oxygen atoms in total. The van der Waals surface area contributed by atoms with Crippen LogP contribution in [0.2, 0.25) is 5.02 Å². The fourth-order valence-electron chi connectivity index (χ4n) is 1.13. The molecule has 1 atom stereocenters. The van der Waals surface area contributed by atoms with Crippen LogP contribution in [0.4, 0.5) is 16.2 Å². The number of hydrogen-bond acceptors (Lipinski definition) is 4. The van der Waals surface area contributed by atoms with Crippen LogP contribution in [0, 0.1) is 10.1 Å². The number of carbonyl (C=O) groups excluding carboxylic acids is 1. The second-order valence-electron chi connectivity index (χ2n) is 3.61. The number of amides is 2.